The molecular weight excluding hydrogens is 252 g/mol. The zero-order chi connectivity index (χ0) is 14.5. The molecule has 20 heavy (non-hydrogen) atoms. The van der Waals surface area contributed by atoms with E-state index in [4.69, 9.17) is 9.47 Å². The summed E-state index contributed by atoms with van der Waals surface area (Å²) in [5, 5.41) is 0. The number of aryl methyl sites for hydroxylation is 1. The molecule has 1 aromatic rings. The lowest BCUT2D eigenvalue weighted by Gasteiger charge is -2.13. The molecule has 0 heterocycles. The number of hydrogen-bond acceptors (Lipinski definition) is 3. The van der Waals surface area contributed by atoms with Gasteiger partial charge in [-0.1, -0.05) is 32.0 Å². The van der Waals surface area contributed by atoms with Crippen LogP contribution in [0.25, 0.3) is 0 Å². The molecule has 2 rings (SSSR count). The summed E-state index contributed by atoms with van der Waals surface area (Å²) in [5.41, 5.74) is 1.24. The maximum atomic E-state index is 11.4. The topological polar surface area (TPSA) is 35.5 Å². The zero-order valence-corrected chi connectivity index (χ0v) is 12.6. The number of methoxy groups -OCH3 is 1. The second-order valence-electron chi connectivity index (χ2n) is 5.98. The van der Waals surface area contributed by atoms with Crippen molar-refractivity contribution < 1.29 is 14.3 Å². The summed E-state index contributed by atoms with van der Waals surface area (Å²) < 4.78 is 10.6. The maximum absolute atomic E-state index is 11.4. The van der Waals surface area contributed by atoms with Crippen LogP contribution in [0.1, 0.15) is 32.3 Å². The Morgan fingerprint density at radius 3 is 2.80 bits per heavy atom. The van der Waals surface area contributed by atoms with Crippen molar-refractivity contribution in [2.24, 2.45) is 17.8 Å². The van der Waals surface area contributed by atoms with E-state index in [-0.39, 0.29) is 11.9 Å². The van der Waals surface area contributed by atoms with Crippen LogP contribution in [0.4, 0.5) is 0 Å². The highest BCUT2D eigenvalue weighted by atomic mass is 16.5. The monoisotopic (exact) mass is 276 g/mol. The van der Waals surface area contributed by atoms with Crippen molar-refractivity contribution in [1.82, 2.24) is 0 Å². The molecule has 0 N–H and O–H groups in total. The van der Waals surface area contributed by atoms with Crippen molar-refractivity contribution in [3.8, 4) is 5.75 Å². The second-order valence-corrected chi connectivity index (χ2v) is 5.98. The van der Waals surface area contributed by atoms with Crippen molar-refractivity contribution in [3.63, 3.8) is 0 Å². The highest BCUT2D eigenvalue weighted by Gasteiger charge is 2.43. The molecule has 110 valence electrons. The summed E-state index contributed by atoms with van der Waals surface area (Å²) in [5.74, 6) is 2.07. The molecule has 0 aliphatic heterocycles. The smallest absolute Gasteiger partial charge is 0.308 e. The Morgan fingerprint density at radius 1 is 1.35 bits per heavy atom. The lowest BCUT2D eigenvalue weighted by atomic mass is 10.1. The van der Waals surface area contributed by atoms with E-state index in [2.05, 4.69) is 19.9 Å². The fourth-order valence-corrected chi connectivity index (χ4v) is 2.46. The molecule has 0 amide bonds. The van der Waals surface area contributed by atoms with E-state index >= 15 is 0 Å². The van der Waals surface area contributed by atoms with Gasteiger partial charge in [-0.2, -0.15) is 0 Å². The third-order valence-corrected chi connectivity index (χ3v) is 3.76. The van der Waals surface area contributed by atoms with Gasteiger partial charge in [-0.15, -0.1) is 0 Å². The first-order chi connectivity index (χ1) is 9.61. The van der Waals surface area contributed by atoms with Crippen molar-refractivity contribution in [2.75, 3.05) is 13.7 Å². The Labute approximate surface area is 121 Å². The average molecular weight is 276 g/mol. The van der Waals surface area contributed by atoms with E-state index in [1.165, 1.54) is 12.7 Å². The number of esters is 1. The molecule has 0 spiro atoms. The molecule has 1 aliphatic carbocycles. The number of carbonyl (C=O) groups is 1. The van der Waals surface area contributed by atoms with Gasteiger partial charge < -0.3 is 9.47 Å². The predicted octanol–water partition coefficient (Wildman–Crippen LogP) is 3.46. The summed E-state index contributed by atoms with van der Waals surface area (Å²) in [6.45, 7) is 5.03. The van der Waals surface area contributed by atoms with Crippen LogP contribution < -0.4 is 4.74 Å². The molecule has 3 heteroatoms. The number of carbonyl (C=O) groups excluding carboxylic acids is 1. The van der Waals surface area contributed by atoms with Crippen LogP contribution in [0.2, 0.25) is 0 Å². The number of rotatable bonds is 7. The molecule has 1 aromatic carbocycles. The Balaban J connectivity index is 1.85. The fourth-order valence-electron chi connectivity index (χ4n) is 2.46. The normalized spacial score (nSPS) is 20.8. The molecular formula is C17H24O3. The summed E-state index contributed by atoms with van der Waals surface area (Å²) in [6, 6.07) is 8.20. The predicted molar refractivity (Wildman–Crippen MR) is 78.7 cm³/mol. The number of hydrogen-bond donors (Lipinski definition) is 0. The van der Waals surface area contributed by atoms with Gasteiger partial charge in [0, 0.05) is 0 Å². The molecule has 3 nitrogen and oxygen atoms in total. The van der Waals surface area contributed by atoms with Crippen molar-refractivity contribution in [3.05, 3.63) is 29.8 Å². The Bertz CT molecular complexity index is 453. The summed E-state index contributed by atoms with van der Waals surface area (Å²) in [4.78, 5) is 11.4. The Morgan fingerprint density at radius 2 is 2.10 bits per heavy atom. The van der Waals surface area contributed by atoms with E-state index in [1.807, 2.05) is 18.2 Å². The van der Waals surface area contributed by atoms with Gasteiger partial charge in [-0.05, 0) is 42.7 Å². The largest absolute Gasteiger partial charge is 0.493 e. The van der Waals surface area contributed by atoms with Crippen LogP contribution in [0, 0.1) is 17.8 Å². The number of ether oxygens (including phenoxy) is 2. The first kappa shape index (κ1) is 14.9. The quantitative estimate of drug-likeness (QED) is 0.715. The Hall–Kier alpha value is -1.51. The number of benzene rings is 1. The van der Waals surface area contributed by atoms with Gasteiger partial charge in [0.15, 0.2) is 0 Å². The first-order valence-electron chi connectivity index (χ1n) is 7.40. The van der Waals surface area contributed by atoms with Gasteiger partial charge in [-0.3, -0.25) is 4.79 Å². The molecule has 0 radical (unpaired) electrons. The SMILES string of the molecule is COC(=O)C1CC1CCc1ccccc1OCC(C)C. The van der Waals surface area contributed by atoms with Crippen LogP contribution in [0.5, 0.6) is 5.75 Å². The van der Waals surface area contributed by atoms with E-state index in [1.54, 1.807) is 0 Å². The van der Waals surface area contributed by atoms with Gasteiger partial charge in [0.2, 0.25) is 0 Å². The summed E-state index contributed by atoms with van der Waals surface area (Å²) in [6.07, 6.45) is 2.97. The molecule has 0 aromatic heterocycles. The summed E-state index contributed by atoms with van der Waals surface area (Å²) in [7, 11) is 1.47. The molecule has 2 unspecified atom stereocenters. The van der Waals surface area contributed by atoms with Gasteiger partial charge >= 0.3 is 5.97 Å². The minimum atomic E-state index is -0.0562. The van der Waals surface area contributed by atoms with Gasteiger partial charge in [-0.25, -0.2) is 0 Å². The molecule has 0 bridgehead atoms. The van der Waals surface area contributed by atoms with Crippen LogP contribution >= 0.6 is 0 Å². The lowest BCUT2D eigenvalue weighted by Crippen LogP contribution is -2.07. The molecule has 1 fully saturated rings. The summed E-state index contributed by atoms with van der Waals surface area (Å²) >= 11 is 0. The highest BCUT2D eigenvalue weighted by Crippen LogP contribution is 2.43. The maximum Gasteiger partial charge on any atom is 0.308 e. The zero-order valence-electron chi connectivity index (χ0n) is 12.6. The minimum absolute atomic E-state index is 0.0562. The van der Waals surface area contributed by atoms with Gasteiger partial charge in [0.05, 0.1) is 19.6 Å². The van der Waals surface area contributed by atoms with Crippen LogP contribution in [-0.2, 0) is 16.0 Å². The minimum Gasteiger partial charge on any atom is -0.493 e. The number of para-hydroxylation sites is 1. The fraction of sp³-hybridized carbons (Fsp3) is 0.588. The van der Waals surface area contributed by atoms with Gasteiger partial charge in [0.25, 0.3) is 0 Å². The van der Waals surface area contributed by atoms with E-state index in [9.17, 15) is 4.79 Å². The third kappa shape index (κ3) is 3.99. The standard InChI is InChI=1S/C17H24O3/c1-12(2)11-20-16-7-5-4-6-13(16)8-9-14-10-15(14)17(18)19-3/h4-7,12,14-15H,8-11H2,1-3H3. The molecule has 0 saturated heterocycles. The van der Waals surface area contributed by atoms with Crippen LogP contribution in [0.3, 0.4) is 0 Å². The molecule has 1 aliphatic rings. The van der Waals surface area contributed by atoms with Crippen molar-refractivity contribution in [2.45, 2.75) is 33.1 Å². The van der Waals surface area contributed by atoms with Crippen LogP contribution in [0.15, 0.2) is 24.3 Å². The first-order valence-corrected chi connectivity index (χ1v) is 7.40. The van der Waals surface area contributed by atoms with Crippen LogP contribution in [-0.4, -0.2) is 19.7 Å². The Kier molecular flexibility index (Phi) is 5.05. The lowest BCUT2D eigenvalue weighted by molar-refractivity contribution is -0.142. The van der Waals surface area contributed by atoms with E-state index in [0.29, 0.717) is 11.8 Å². The third-order valence-electron chi connectivity index (χ3n) is 3.76. The highest BCUT2D eigenvalue weighted by molar-refractivity contribution is 5.75. The molecule has 2 atom stereocenters. The second kappa shape index (κ2) is 6.78. The van der Waals surface area contributed by atoms with Crippen molar-refractivity contribution >= 4 is 5.97 Å². The van der Waals surface area contributed by atoms with Crippen molar-refractivity contribution in [1.29, 1.82) is 0 Å². The van der Waals surface area contributed by atoms with Gasteiger partial charge in [0.1, 0.15) is 5.75 Å². The average Bonchev–Trinajstić information content (AvgIpc) is 3.22. The molecule has 1 saturated carbocycles. The van der Waals surface area contributed by atoms with E-state index < -0.39 is 0 Å². The van der Waals surface area contributed by atoms with E-state index in [0.717, 1.165) is 31.6 Å².